The van der Waals surface area contributed by atoms with Crippen LogP contribution < -0.4 is 4.90 Å². The van der Waals surface area contributed by atoms with Gasteiger partial charge in [-0.2, -0.15) is 0 Å². The summed E-state index contributed by atoms with van der Waals surface area (Å²) in [7, 11) is 0. The number of carbonyl (C=O) groups excluding carboxylic acids is 2. The number of hydrogen-bond acceptors (Lipinski definition) is 3. The molecule has 1 fully saturated rings. The third-order valence-electron chi connectivity index (χ3n) is 2.90. The van der Waals surface area contributed by atoms with Crippen molar-refractivity contribution in [1.29, 1.82) is 0 Å². The van der Waals surface area contributed by atoms with E-state index in [9.17, 15) is 9.59 Å². The predicted octanol–water partition coefficient (Wildman–Crippen LogP) is 2.91. The maximum absolute atomic E-state index is 11.9. The molecular formula is C13H13Cl2NO3. The van der Waals surface area contributed by atoms with Crippen LogP contribution in [0.25, 0.3) is 0 Å². The van der Waals surface area contributed by atoms with Crippen LogP contribution in [0.3, 0.4) is 0 Å². The monoisotopic (exact) mass is 301 g/mol. The number of rotatable bonds is 3. The number of ether oxygens (including phenoxy) is 1. The van der Waals surface area contributed by atoms with E-state index in [0.29, 0.717) is 28.9 Å². The van der Waals surface area contributed by atoms with Gasteiger partial charge in [-0.1, -0.05) is 23.2 Å². The highest BCUT2D eigenvalue weighted by Gasteiger charge is 2.36. The SMILES string of the molecule is CCOC(=O)[C@H]1CC(=O)N(c2cc(Cl)cc(Cl)c2)C1. The molecule has 1 aliphatic rings. The van der Waals surface area contributed by atoms with E-state index in [2.05, 4.69) is 0 Å². The summed E-state index contributed by atoms with van der Waals surface area (Å²) in [6, 6.07) is 4.90. The minimum absolute atomic E-state index is 0.128. The molecule has 1 aromatic rings. The largest absolute Gasteiger partial charge is 0.466 e. The van der Waals surface area contributed by atoms with Crippen molar-refractivity contribution in [3.05, 3.63) is 28.2 Å². The molecular weight excluding hydrogens is 289 g/mol. The lowest BCUT2D eigenvalue weighted by molar-refractivity contribution is -0.147. The summed E-state index contributed by atoms with van der Waals surface area (Å²) < 4.78 is 4.94. The fraction of sp³-hybridized carbons (Fsp3) is 0.385. The van der Waals surface area contributed by atoms with Gasteiger partial charge in [0.2, 0.25) is 5.91 Å². The second-order valence-electron chi connectivity index (χ2n) is 4.29. The molecule has 6 heteroatoms. The van der Waals surface area contributed by atoms with Crippen molar-refractivity contribution in [2.45, 2.75) is 13.3 Å². The fourth-order valence-corrected chi connectivity index (χ4v) is 2.58. The van der Waals surface area contributed by atoms with E-state index >= 15 is 0 Å². The second kappa shape index (κ2) is 5.80. The molecule has 0 radical (unpaired) electrons. The van der Waals surface area contributed by atoms with Crippen molar-refractivity contribution in [2.24, 2.45) is 5.92 Å². The normalized spacial score (nSPS) is 18.8. The lowest BCUT2D eigenvalue weighted by Crippen LogP contribution is -2.26. The molecule has 0 N–H and O–H groups in total. The molecule has 0 aliphatic carbocycles. The third kappa shape index (κ3) is 3.19. The van der Waals surface area contributed by atoms with Crippen LogP contribution in [0.4, 0.5) is 5.69 Å². The molecule has 1 aromatic carbocycles. The minimum Gasteiger partial charge on any atom is -0.466 e. The van der Waals surface area contributed by atoms with Gasteiger partial charge in [-0.05, 0) is 25.1 Å². The summed E-state index contributed by atoms with van der Waals surface area (Å²) in [4.78, 5) is 25.1. The zero-order valence-corrected chi connectivity index (χ0v) is 11.9. The molecule has 0 spiro atoms. The van der Waals surface area contributed by atoms with E-state index in [1.165, 1.54) is 4.90 Å². The number of esters is 1. The van der Waals surface area contributed by atoms with Gasteiger partial charge in [0.1, 0.15) is 0 Å². The Morgan fingerprint density at radius 2 is 2.00 bits per heavy atom. The number of benzene rings is 1. The Kier molecular flexibility index (Phi) is 4.32. The first-order valence-electron chi connectivity index (χ1n) is 5.94. The first kappa shape index (κ1) is 14.2. The van der Waals surface area contributed by atoms with Gasteiger partial charge < -0.3 is 9.64 Å². The number of hydrogen-bond donors (Lipinski definition) is 0. The van der Waals surface area contributed by atoms with E-state index in [0.717, 1.165) is 0 Å². The number of carbonyl (C=O) groups is 2. The number of anilines is 1. The van der Waals surface area contributed by atoms with Gasteiger partial charge in [-0.15, -0.1) is 0 Å². The number of halogens is 2. The van der Waals surface area contributed by atoms with E-state index in [4.69, 9.17) is 27.9 Å². The molecule has 1 heterocycles. The summed E-state index contributed by atoms with van der Waals surface area (Å²) >= 11 is 11.8. The molecule has 4 nitrogen and oxygen atoms in total. The van der Waals surface area contributed by atoms with Gasteiger partial charge in [0.15, 0.2) is 0 Å². The standard InChI is InChI=1S/C13H13Cl2NO3/c1-2-19-13(18)8-3-12(17)16(7-8)11-5-9(14)4-10(15)6-11/h4-6,8H,2-3,7H2,1H3/t8-/m0/s1. The minimum atomic E-state index is -0.426. The molecule has 0 aromatic heterocycles. The van der Waals surface area contributed by atoms with Crippen molar-refractivity contribution >= 4 is 40.8 Å². The fourth-order valence-electron chi connectivity index (χ4n) is 2.07. The molecule has 0 bridgehead atoms. The Bertz CT molecular complexity index is 498. The molecule has 19 heavy (non-hydrogen) atoms. The van der Waals surface area contributed by atoms with E-state index in [1.807, 2.05) is 0 Å². The topological polar surface area (TPSA) is 46.6 Å². The van der Waals surface area contributed by atoms with Crippen LogP contribution >= 0.6 is 23.2 Å². The maximum Gasteiger partial charge on any atom is 0.311 e. The van der Waals surface area contributed by atoms with Gasteiger partial charge in [0.05, 0.1) is 12.5 Å². The Morgan fingerprint density at radius 1 is 1.37 bits per heavy atom. The first-order valence-corrected chi connectivity index (χ1v) is 6.70. The summed E-state index contributed by atoms with van der Waals surface area (Å²) in [6.07, 6.45) is 0.156. The molecule has 1 amide bonds. The quantitative estimate of drug-likeness (QED) is 0.807. The Balaban J connectivity index is 2.18. The van der Waals surface area contributed by atoms with Gasteiger partial charge >= 0.3 is 5.97 Å². The van der Waals surface area contributed by atoms with Crippen molar-refractivity contribution in [3.8, 4) is 0 Å². The molecule has 2 rings (SSSR count). The highest BCUT2D eigenvalue weighted by molar-refractivity contribution is 6.35. The molecule has 0 unspecified atom stereocenters. The summed E-state index contributed by atoms with van der Waals surface area (Å²) in [5.41, 5.74) is 0.606. The second-order valence-corrected chi connectivity index (χ2v) is 5.16. The zero-order chi connectivity index (χ0) is 14.0. The summed E-state index contributed by atoms with van der Waals surface area (Å²) in [6.45, 7) is 2.35. The van der Waals surface area contributed by atoms with E-state index < -0.39 is 5.92 Å². The third-order valence-corrected chi connectivity index (χ3v) is 3.34. The highest BCUT2D eigenvalue weighted by Crippen LogP contribution is 2.30. The average molecular weight is 302 g/mol. The van der Waals surface area contributed by atoms with Gasteiger partial charge in [-0.25, -0.2) is 0 Å². The van der Waals surface area contributed by atoms with Gasteiger partial charge in [-0.3, -0.25) is 9.59 Å². The van der Waals surface area contributed by atoms with Crippen LogP contribution in [0, 0.1) is 5.92 Å². The van der Waals surface area contributed by atoms with E-state index in [-0.39, 0.29) is 18.3 Å². The number of amides is 1. The predicted molar refractivity (Wildman–Crippen MR) is 73.6 cm³/mol. The van der Waals surface area contributed by atoms with Crippen LogP contribution in [0.15, 0.2) is 18.2 Å². The van der Waals surface area contributed by atoms with Crippen molar-refractivity contribution in [1.82, 2.24) is 0 Å². The summed E-state index contributed by atoms with van der Waals surface area (Å²) in [5, 5.41) is 0.907. The van der Waals surface area contributed by atoms with Crippen LogP contribution in [0.5, 0.6) is 0 Å². The Hall–Kier alpha value is -1.26. The molecule has 102 valence electrons. The maximum atomic E-state index is 11.9. The van der Waals surface area contributed by atoms with Crippen LogP contribution in [-0.4, -0.2) is 25.0 Å². The van der Waals surface area contributed by atoms with Crippen LogP contribution in [0.1, 0.15) is 13.3 Å². The lowest BCUT2D eigenvalue weighted by Gasteiger charge is -2.17. The van der Waals surface area contributed by atoms with Crippen molar-refractivity contribution in [2.75, 3.05) is 18.1 Å². The van der Waals surface area contributed by atoms with Crippen molar-refractivity contribution < 1.29 is 14.3 Å². The molecule has 0 saturated carbocycles. The first-order chi connectivity index (χ1) is 9.01. The lowest BCUT2D eigenvalue weighted by atomic mass is 10.1. The van der Waals surface area contributed by atoms with Crippen LogP contribution in [-0.2, 0) is 14.3 Å². The molecule has 1 saturated heterocycles. The van der Waals surface area contributed by atoms with Gasteiger partial charge in [0.25, 0.3) is 0 Å². The van der Waals surface area contributed by atoms with Gasteiger partial charge in [0, 0.05) is 28.7 Å². The summed E-state index contributed by atoms with van der Waals surface area (Å²) in [5.74, 6) is -0.895. The Labute approximate surface area is 121 Å². The highest BCUT2D eigenvalue weighted by atomic mass is 35.5. The smallest absolute Gasteiger partial charge is 0.311 e. The number of nitrogens with zero attached hydrogens (tertiary/aromatic N) is 1. The van der Waals surface area contributed by atoms with E-state index in [1.54, 1.807) is 25.1 Å². The zero-order valence-electron chi connectivity index (χ0n) is 10.4. The van der Waals surface area contributed by atoms with Crippen molar-refractivity contribution in [3.63, 3.8) is 0 Å². The molecule has 1 aliphatic heterocycles. The average Bonchev–Trinajstić information content (AvgIpc) is 2.70. The van der Waals surface area contributed by atoms with Crippen LogP contribution in [0.2, 0.25) is 10.0 Å². The molecule has 1 atom stereocenters. The Morgan fingerprint density at radius 3 is 2.58 bits per heavy atom.